The number of nitrogens with zero attached hydrogens (tertiary/aromatic N) is 1. The second kappa shape index (κ2) is 7.37. The number of carboxylic acid groups (broad SMARTS) is 1. The van der Waals surface area contributed by atoms with Gasteiger partial charge in [-0.25, -0.2) is 17.5 Å². The Morgan fingerprint density at radius 1 is 1.32 bits per heavy atom. The van der Waals surface area contributed by atoms with E-state index in [1.54, 1.807) is 6.92 Å². The van der Waals surface area contributed by atoms with Crippen LogP contribution in [0, 0.1) is 5.92 Å². The molecule has 0 aliphatic carbocycles. The van der Waals surface area contributed by atoms with Crippen molar-refractivity contribution in [3.05, 3.63) is 29.8 Å². The topological polar surface area (TPSA) is 101 Å². The Hall–Kier alpha value is -1.93. The number of esters is 1. The molecule has 0 saturated heterocycles. The minimum absolute atomic E-state index is 0.0702. The van der Waals surface area contributed by atoms with Gasteiger partial charge < -0.3 is 9.84 Å². The first-order valence-electron chi connectivity index (χ1n) is 6.67. The van der Waals surface area contributed by atoms with Crippen LogP contribution in [0.1, 0.15) is 24.2 Å². The number of aliphatic carboxylic acids is 1. The first kappa shape index (κ1) is 18.1. The van der Waals surface area contributed by atoms with Crippen molar-refractivity contribution >= 4 is 22.0 Å². The third-order valence-corrected chi connectivity index (χ3v) is 4.90. The quantitative estimate of drug-likeness (QED) is 0.754. The number of rotatable bonds is 7. The minimum atomic E-state index is -3.99. The fourth-order valence-corrected chi connectivity index (χ4v) is 3.23. The molecule has 0 saturated carbocycles. The third kappa shape index (κ3) is 4.05. The van der Waals surface area contributed by atoms with Crippen LogP contribution < -0.4 is 0 Å². The van der Waals surface area contributed by atoms with Crippen LogP contribution in [-0.2, 0) is 19.6 Å². The average Bonchev–Trinajstić information content (AvgIpc) is 2.47. The van der Waals surface area contributed by atoms with Gasteiger partial charge in [0.15, 0.2) is 0 Å². The van der Waals surface area contributed by atoms with E-state index in [1.165, 1.54) is 38.2 Å². The fraction of sp³-hybridized carbons (Fsp3) is 0.429. The molecular formula is C14H19NO6S. The maximum Gasteiger partial charge on any atom is 0.339 e. The Kier molecular flexibility index (Phi) is 6.07. The van der Waals surface area contributed by atoms with Crippen molar-refractivity contribution in [3.8, 4) is 0 Å². The molecule has 0 bridgehead atoms. The van der Waals surface area contributed by atoms with Crippen LogP contribution in [-0.4, -0.2) is 50.0 Å². The number of carbonyl (C=O) groups is 2. The molecule has 8 heteroatoms. The molecule has 1 aromatic rings. The van der Waals surface area contributed by atoms with Crippen LogP contribution >= 0.6 is 0 Å². The molecular weight excluding hydrogens is 310 g/mol. The smallest absolute Gasteiger partial charge is 0.339 e. The third-order valence-electron chi connectivity index (χ3n) is 3.02. The number of sulfonamides is 1. The van der Waals surface area contributed by atoms with Gasteiger partial charge in [0.2, 0.25) is 10.0 Å². The Morgan fingerprint density at radius 2 is 1.91 bits per heavy atom. The van der Waals surface area contributed by atoms with Crippen molar-refractivity contribution in [2.75, 3.05) is 20.2 Å². The van der Waals surface area contributed by atoms with Crippen LogP contribution in [0.5, 0.6) is 0 Å². The van der Waals surface area contributed by atoms with Gasteiger partial charge in [-0.3, -0.25) is 4.79 Å². The molecule has 7 nitrogen and oxygen atoms in total. The lowest BCUT2D eigenvalue weighted by Gasteiger charge is -2.20. The summed E-state index contributed by atoms with van der Waals surface area (Å²) in [6.07, 6.45) is 0. The fourth-order valence-electron chi connectivity index (χ4n) is 1.80. The Morgan fingerprint density at radius 3 is 2.45 bits per heavy atom. The number of benzene rings is 1. The van der Waals surface area contributed by atoms with Gasteiger partial charge in [0.05, 0.1) is 23.0 Å². The number of hydrogen-bond acceptors (Lipinski definition) is 5. The molecule has 0 heterocycles. The zero-order valence-electron chi connectivity index (χ0n) is 12.6. The van der Waals surface area contributed by atoms with E-state index in [0.29, 0.717) is 0 Å². The molecule has 0 aliphatic heterocycles. The molecule has 0 spiro atoms. The molecule has 22 heavy (non-hydrogen) atoms. The Labute approximate surface area is 129 Å². The van der Waals surface area contributed by atoms with Crippen LogP contribution in [0.15, 0.2) is 29.2 Å². The zero-order valence-corrected chi connectivity index (χ0v) is 13.5. The van der Waals surface area contributed by atoms with Gasteiger partial charge >= 0.3 is 11.9 Å². The summed E-state index contributed by atoms with van der Waals surface area (Å²) in [4.78, 5) is 22.5. The maximum absolute atomic E-state index is 12.5. The summed E-state index contributed by atoms with van der Waals surface area (Å²) in [6.45, 7) is 2.95. The predicted molar refractivity (Wildman–Crippen MR) is 79.0 cm³/mol. The highest BCUT2D eigenvalue weighted by Crippen LogP contribution is 2.21. The van der Waals surface area contributed by atoms with E-state index in [-0.39, 0.29) is 23.6 Å². The second-order valence-electron chi connectivity index (χ2n) is 4.74. The van der Waals surface area contributed by atoms with Gasteiger partial charge in [0.1, 0.15) is 0 Å². The van der Waals surface area contributed by atoms with Crippen molar-refractivity contribution < 1.29 is 27.9 Å². The molecule has 1 aromatic carbocycles. The normalized spacial score (nSPS) is 12.9. The standard InChI is InChI=1S/C14H19NO6S/c1-4-21-14(18)11-7-5-6-8-12(11)22(19,20)15(3)9-10(2)13(16)17/h5-8,10H,4,9H2,1-3H3,(H,16,17). The van der Waals surface area contributed by atoms with Gasteiger partial charge in [-0.15, -0.1) is 0 Å². The average molecular weight is 329 g/mol. The van der Waals surface area contributed by atoms with Crippen molar-refractivity contribution in [1.82, 2.24) is 4.31 Å². The lowest BCUT2D eigenvalue weighted by molar-refractivity contribution is -0.141. The summed E-state index contributed by atoms with van der Waals surface area (Å²) in [6, 6.07) is 5.68. The summed E-state index contributed by atoms with van der Waals surface area (Å²) in [5.74, 6) is -2.70. The predicted octanol–water partition coefficient (Wildman–Crippen LogP) is 1.20. The highest BCUT2D eigenvalue weighted by atomic mass is 32.2. The van der Waals surface area contributed by atoms with Crippen LogP contribution in [0.3, 0.4) is 0 Å². The molecule has 0 radical (unpaired) electrons. The molecule has 1 unspecified atom stereocenters. The Bertz CT molecular complexity index is 655. The van der Waals surface area contributed by atoms with E-state index in [9.17, 15) is 18.0 Å². The summed E-state index contributed by atoms with van der Waals surface area (Å²) in [5.41, 5.74) is -0.0702. The largest absolute Gasteiger partial charge is 0.481 e. The number of hydrogen-bond donors (Lipinski definition) is 1. The van der Waals surface area contributed by atoms with Crippen molar-refractivity contribution in [3.63, 3.8) is 0 Å². The van der Waals surface area contributed by atoms with Crippen LogP contribution in [0.2, 0.25) is 0 Å². The first-order chi connectivity index (χ1) is 10.2. The summed E-state index contributed by atoms with van der Waals surface area (Å²) < 4.78 is 30.9. The molecule has 122 valence electrons. The first-order valence-corrected chi connectivity index (χ1v) is 8.11. The van der Waals surface area contributed by atoms with E-state index in [1.807, 2.05) is 0 Å². The summed E-state index contributed by atoms with van der Waals surface area (Å²) >= 11 is 0. The molecule has 1 atom stereocenters. The molecule has 0 amide bonds. The molecule has 0 aliphatic rings. The Balaban J connectivity index is 3.18. The lowest BCUT2D eigenvalue weighted by atomic mass is 10.2. The highest BCUT2D eigenvalue weighted by molar-refractivity contribution is 7.89. The second-order valence-corrected chi connectivity index (χ2v) is 6.75. The van der Waals surface area contributed by atoms with E-state index < -0.39 is 27.9 Å². The van der Waals surface area contributed by atoms with Gasteiger partial charge in [-0.05, 0) is 19.1 Å². The lowest BCUT2D eigenvalue weighted by Crippen LogP contribution is -2.34. The van der Waals surface area contributed by atoms with Crippen molar-refractivity contribution in [2.24, 2.45) is 5.92 Å². The van der Waals surface area contributed by atoms with Gasteiger partial charge in [-0.2, -0.15) is 0 Å². The molecule has 0 fully saturated rings. The van der Waals surface area contributed by atoms with Gasteiger partial charge in [0, 0.05) is 13.6 Å². The van der Waals surface area contributed by atoms with Crippen molar-refractivity contribution in [1.29, 1.82) is 0 Å². The molecule has 0 aromatic heterocycles. The van der Waals surface area contributed by atoms with Gasteiger partial charge in [-0.1, -0.05) is 19.1 Å². The molecule has 1 rings (SSSR count). The number of ether oxygens (including phenoxy) is 1. The van der Waals surface area contributed by atoms with Crippen LogP contribution in [0.25, 0.3) is 0 Å². The van der Waals surface area contributed by atoms with E-state index in [0.717, 1.165) is 4.31 Å². The van der Waals surface area contributed by atoms with Gasteiger partial charge in [0.25, 0.3) is 0 Å². The number of carbonyl (C=O) groups excluding carboxylic acids is 1. The van der Waals surface area contributed by atoms with E-state index in [4.69, 9.17) is 9.84 Å². The van der Waals surface area contributed by atoms with E-state index in [2.05, 4.69) is 0 Å². The van der Waals surface area contributed by atoms with Crippen molar-refractivity contribution in [2.45, 2.75) is 18.7 Å². The number of carboxylic acids is 1. The highest BCUT2D eigenvalue weighted by Gasteiger charge is 2.29. The van der Waals surface area contributed by atoms with E-state index >= 15 is 0 Å². The summed E-state index contributed by atoms with van der Waals surface area (Å²) in [5, 5.41) is 8.88. The molecule has 1 N–H and O–H groups in total. The summed E-state index contributed by atoms with van der Waals surface area (Å²) in [7, 11) is -2.72. The van der Waals surface area contributed by atoms with Crippen LogP contribution in [0.4, 0.5) is 0 Å². The minimum Gasteiger partial charge on any atom is -0.481 e. The zero-order chi connectivity index (χ0) is 16.9. The monoisotopic (exact) mass is 329 g/mol. The maximum atomic E-state index is 12.5. The SMILES string of the molecule is CCOC(=O)c1ccccc1S(=O)(=O)N(C)CC(C)C(=O)O.